The van der Waals surface area contributed by atoms with E-state index in [9.17, 15) is 0 Å². The lowest BCUT2D eigenvalue weighted by atomic mass is 10.2. The van der Waals surface area contributed by atoms with Crippen molar-refractivity contribution in [3.8, 4) is 23.5 Å². The van der Waals surface area contributed by atoms with E-state index in [4.69, 9.17) is 6.42 Å². The quantitative estimate of drug-likeness (QED) is 0.644. The first-order valence-electron chi connectivity index (χ1n) is 7.12. The summed E-state index contributed by atoms with van der Waals surface area (Å²) in [6.45, 7) is 2.20. The van der Waals surface area contributed by atoms with E-state index in [2.05, 4.69) is 57.2 Å². The Labute approximate surface area is 128 Å². The first-order chi connectivity index (χ1) is 10.2. The van der Waals surface area contributed by atoms with Gasteiger partial charge in [0.15, 0.2) is 5.01 Å². The van der Waals surface area contributed by atoms with Gasteiger partial charge in [-0.05, 0) is 36.6 Å². The molecule has 2 fully saturated rings. The lowest BCUT2D eigenvalue weighted by Crippen LogP contribution is -2.44. The minimum Gasteiger partial charge on any atom is -0.341 e. The maximum atomic E-state index is 5.29. The van der Waals surface area contributed by atoms with Gasteiger partial charge in [0.2, 0.25) is 5.13 Å². The maximum Gasteiger partial charge on any atom is 0.209 e. The molecule has 5 rings (SSSR count). The molecule has 4 aliphatic rings. The second kappa shape index (κ2) is 4.83. The van der Waals surface area contributed by atoms with Crippen LogP contribution >= 0.6 is 11.3 Å². The molecule has 0 saturated carbocycles. The Morgan fingerprint density at radius 2 is 2.05 bits per heavy atom. The molecule has 2 aliphatic carbocycles. The molecule has 2 bridgehead atoms. The van der Waals surface area contributed by atoms with Gasteiger partial charge in [0, 0.05) is 25.2 Å². The van der Waals surface area contributed by atoms with Crippen molar-refractivity contribution in [3.05, 3.63) is 29.3 Å². The summed E-state index contributed by atoms with van der Waals surface area (Å²) in [5.41, 5.74) is 2.85. The summed E-state index contributed by atoms with van der Waals surface area (Å²) in [6, 6.07) is 9.78. The van der Waals surface area contributed by atoms with Crippen LogP contribution < -0.4 is 4.90 Å². The Hall–Kier alpha value is -1.90. The van der Waals surface area contributed by atoms with Crippen molar-refractivity contribution in [2.45, 2.75) is 18.5 Å². The van der Waals surface area contributed by atoms with E-state index < -0.39 is 0 Å². The number of likely N-dealkylation sites (tertiary alicyclic amines) is 1. The van der Waals surface area contributed by atoms with E-state index in [1.165, 1.54) is 28.9 Å². The lowest BCUT2D eigenvalue weighted by Gasteiger charge is -2.31. The number of terminal acetylenes is 1. The predicted molar refractivity (Wildman–Crippen MR) is 85.4 cm³/mol. The SMILES string of the molecule is C#Cc1nnc(N2C[C@@H]3C[C@H]2CN3C)s1.c1cc2cc-2c1. The van der Waals surface area contributed by atoms with Crippen LogP contribution in [-0.4, -0.2) is 47.3 Å². The number of benzene rings is 1. The molecular formula is C16H16N4S. The zero-order valence-electron chi connectivity index (χ0n) is 11.9. The van der Waals surface area contributed by atoms with E-state index in [0.29, 0.717) is 17.1 Å². The van der Waals surface area contributed by atoms with E-state index in [1.54, 1.807) is 0 Å². The van der Waals surface area contributed by atoms with Crippen LogP contribution in [0.25, 0.3) is 11.1 Å². The molecular weight excluding hydrogens is 280 g/mol. The summed E-state index contributed by atoms with van der Waals surface area (Å²) in [5.74, 6) is 2.53. The molecule has 5 heteroatoms. The first kappa shape index (κ1) is 12.8. The highest BCUT2D eigenvalue weighted by atomic mass is 32.1. The molecule has 1 aromatic rings. The Bertz CT molecular complexity index is 698. The summed E-state index contributed by atoms with van der Waals surface area (Å²) in [6.07, 6.45) is 6.54. The molecule has 21 heavy (non-hydrogen) atoms. The number of piperazine rings is 1. The average molecular weight is 296 g/mol. The van der Waals surface area contributed by atoms with Crippen LogP contribution in [0.5, 0.6) is 0 Å². The van der Waals surface area contributed by atoms with Crippen LogP contribution in [0.4, 0.5) is 5.13 Å². The molecule has 0 N–H and O–H groups in total. The minimum absolute atomic E-state index is 0.610. The number of fused-ring (bicyclic) bond motifs is 3. The molecule has 0 aromatic carbocycles. The Kier molecular flexibility index (Phi) is 2.95. The fraction of sp³-hybridized carbons (Fsp3) is 0.375. The summed E-state index contributed by atoms with van der Waals surface area (Å²) in [7, 11) is 2.19. The van der Waals surface area contributed by atoms with Gasteiger partial charge >= 0.3 is 0 Å². The van der Waals surface area contributed by atoms with Crippen molar-refractivity contribution in [1.29, 1.82) is 0 Å². The van der Waals surface area contributed by atoms with Gasteiger partial charge in [-0.15, -0.1) is 16.6 Å². The van der Waals surface area contributed by atoms with Crippen molar-refractivity contribution >= 4 is 16.5 Å². The van der Waals surface area contributed by atoms with Crippen molar-refractivity contribution in [2.75, 3.05) is 25.0 Å². The standard InChI is InChI=1S/C10H12N4S.C6H4/c1-3-9-11-12-10(15-9)14-6-7-4-8(14)5-13(7)2;1-2-5-4-6(5)3-1/h1,7-8H,4-6H2,2H3;1-4H/t7-,8-;/m0./s1. The first-order valence-corrected chi connectivity index (χ1v) is 7.93. The van der Waals surface area contributed by atoms with Gasteiger partial charge in [-0.3, -0.25) is 4.90 Å². The van der Waals surface area contributed by atoms with E-state index in [1.807, 2.05) is 0 Å². The highest BCUT2D eigenvalue weighted by molar-refractivity contribution is 7.15. The van der Waals surface area contributed by atoms with Crippen LogP contribution in [0.15, 0.2) is 24.3 Å². The number of rotatable bonds is 1. The van der Waals surface area contributed by atoms with Gasteiger partial charge in [-0.1, -0.05) is 29.5 Å². The average Bonchev–Trinajstić information content (AvgIpc) is 3.00. The maximum absolute atomic E-state index is 5.29. The van der Waals surface area contributed by atoms with E-state index in [0.717, 1.165) is 18.2 Å². The predicted octanol–water partition coefficient (Wildman–Crippen LogP) is 2.08. The Balaban J connectivity index is 0.000000158. The summed E-state index contributed by atoms with van der Waals surface area (Å²) in [5, 5.41) is 9.78. The van der Waals surface area contributed by atoms with Gasteiger partial charge in [0.25, 0.3) is 0 Å². The molecule has 2 atom stereocenters. The van der Waals surface area contributed by atoms with Crippen molar-refractivity contribution < 1.29 is 0 Å². The smallest absolute Gasteiger partial charge is 0.209 e. The topological polar surface area (TPSA) is 32.3 Å². The van der Waals surface area contributed by atoms with Crippen LogP contribution in [-0.2, 0) is 0 Å². The summed E-state index contributed by atoms with van der Waals surface area (Å²) < 4.78 is 0. The van der Waals surface area contributed by atoms with Gasteiger partial charge < -0.3 is 4.90 Å². The Morgan fingerprint density at radius 1 is 1.24 bits per heavy atom. The molecule has 0 radical (unpaired) electrons. The van der Waals surface area contributed by atoms with Crippen molar-refractivity contribution in [3.63, 3.8) is 0 Å². The zero-order valence-corrected chi connectivity index (χ0v) is 12.7. The lowest BCUT2D eigenvalue weighted by molar-refractivity contribution is 0.292. The highest BCUT2D eigenvalue weighted by Crippen LogP contribution is 2.34. The van der Waals surface area contributed by atoms with E-state index in [-0.39, 0.29) is 0 Å². The molecule has 0 unspecified atom stereocenters. The number of nitrogens with zero attached hydrogens (tertiary/aromatic N) is 4. The van der Waals surface area contributed by atoms with Crippen LogP contribution in [0.2, 0.25) is 0 Å². The minimum atomic E-state index is 0.610. The second-order valence-corrected chi connectivity index (χ2v) is 6.71. The third kappa shape index (κ3) is 2.31. The highest BCUT2D eigenvalue weighted by Gasteiger charge is 2.42. The van der Waals surface area contributed by atoms with Crippen LogP contribution in [0, 0.1) is 12.3 Å². The molecule has 0 spiro atoms. The van der Waals surface area contributed by atoms with Crippen molar-refractivity contribution in [2.24, 2.45) is 0 Å². The third-order valence-corrected chi connectivity index (χ3v) is 5.30. The third-order valence-electron chi connectivity index (χ3n) is 4.41. The van der Waals surface area contributed by atoms with E-state index >= 15 is 0 Å². The summed E-state index contributed by atoms with van der Waals surface area (Å²) in [4.78, 5) is 4.77. The normalized spacial score (nSPS) is 24.5. The van der Waals surface area contributed by atoms with Gasteiger partial charge in [0.1, 0.15) is 0 Å². The molecule has 3 heterocycles. The van der Waals surface area contributed by atoms with Gasteiger partial charge in [-0.2, -0.15) is 0 Å². The number of hydrogen-bond acceptors (Lipinski definition) is 5. The number of aromatic nitrogens is 2. The van der Waals surface area contributed by atoms with Gasteiger partial charge in [0.05, 0.1) is 0 Å². The number of likely N-dealkylation sites (N-methyl/N-ethyl adjacent to an activating group) is 1. The van der Waals surface area contributed by atoms with Crippen molar-refractivity contribution in [1.82, 2.24) is 15.1 Å². The van der Waals surface area contributed by atoms with Crippen LogP contribution in [0.3, 0.4) is 0 Å². The molecule has 2 aliphatic heterocycles. The molecule has 1 aromatic heterocycles. The monoisotopic (exact) mass is 296 g/mol. The van der Waals surface area contributed by atoms with Crippen LogP contribution in [0.1, 0.15) is 11.4 Å². The largest absolute Gasteiger partial charge is 0.341 e. The molecule has 2 saturated heterocycles. The zero-order chi connectivity index (χ0) is 14.4. The number of hydrogen-bond donors (Lipinski definition) is 0. The molecule has 4 nitrogen and oxygen atoms in total. The Morgan fingerprint density at radius 3 is 2.48 bits per heavy atom. The fourth-order valence-electron chi connectivity index (χ4n) is 3.17. The number of anilines is 1. The summed E-state index contributed by atoms with van der Waals surface area (Å²) >= 11 is 1.52. The fourth-order valence-corrected chi connectivity index (χ4v) is 3.90. The van der Waals surface area contributed by atoms with Gasteiger partial charge in [-0.25, -0.2) is 0 Å². The molecule has 0 amide bonds. The second-order valence-electron chi connectivity index (χ2n) is 5.75. The molecule has 106 valence electrons.